The summed E-state index contributed by atoms with van der Waals surface area (Å²) in [5.41, 5.74) is -1.71. The average molecular weight is 476 g/mol. The third-order valence-electron chi connectivity index (χ3n) is 4.66. The Bertz CT molecular complexity index is 1630. The molecular formula is C18H20N8O8. The zero-order chi connectivity index (χ0) is 25.2. The summed E-state index contributed by atoms with van der Waals surface area (Å²) < 4.78 is 9.67. The molecule has 0 aliphatic carbocycles. The van der Waals surface area contributed by atoms with Gasteiger partial charge in [-0.15, -0.1) is 0 Å². The van der Waals surface area contributed by atoms with Crippen molar-refractivity contribution < 1.29 is 19.4 Å². The molecule has 4 rings (SSSR count). The van der Waals surface area contributed by atoms with Crippen LogP contribution in [0.5, 0.6) is 0 Å². The minimum absolute atomic E-state index is 0.0736. The van der Waals surface area contributed by atoms with Gasteiger partial charge in [-0.2, -0.15) is 0 Å². The van der Waals surface area contributed by atoms with Crippen molar-refractivity contribution in [2.45, 2.75) is 20.0 Å². The Labute approximate surface area is 187 Å². The first-order valence-corrected chi connectivity index (χ1v) is 9.70. The maximum Gasteiger partial charge on any atom is 0.329 e. The number of carbonyl (C=O) groups excluding carboxylic acids is 1. The standard InChI is InChI=1S/C10H12N4O4.C8H8N4O4/c1-3-18-6(15)4-14-5-11-8-7(14)9(16)12-10(17)13(8)2;1-11-6-5(7(15)10-8(11)16)12(3-9-6)2-4(13)14/h5H,3-4H2,1-2H3,(H,12,16,17);3H,2H2,1H3,(H,13,14)(H,10,15,16). The summed E-state index contributed by atoms with van der Waals surface area (Å²) in [6, 6.07) is 0. The lowest BCUT2D eigenvalue weighted by Crippen LogP contribution is -2.29. The largest absolute Gasteiger partial charge is 0.480 e. The van der Waals surface area contributed by atoms with Crippen molar-refractivity contribution in [2.24, 2.45) is 14.1 Å². The van der Waals surface area contributed by atoms with Crippen LogP contribution in [0.15, 0.2) is 31.8 Å². The lowest BCUT2D eigenvalue weighted by atomic mass is 10.5. The number of aromatic nitrogens is 8. The molecule has 0 atom stereocenters. The smallest absolute Gasteiger partial charge is 0.329 e. The van der Waals surface area contributed by atoms with Gasteiger partial charge in [0.25, 0.3) is 11.1 Å². The molecule has 4 aromatic rings. The van der Waals surface area contributed by atoms with Crippen LogP contribution in [0.1, 0.15) is 6.92 Å². The van der Waals surface area contributed by atoms with E-state index in [4.69, 9.17) is 9.84 Å². The molecule has 16 heteroatoms. The predicted molar refractivity (Wildman–Crippen MR) is 115 cm³/mol. The van der Waals surface area contributed by atoms with E-state index in [0.29, 0.717) is 0 Å². The average Bonchev–Trinajstić information content (AvgIpc) is 3.36. The lowest BCUT2D eigenvalue weighted by molar-refractivity contribution is -0.143. The number of ether oxygens (including phenoxy) is 1. The normalized spacial score (nSPS) is 10.8. The lowest BCUT2D eigenvalue weighted by Gasteiger charge is -2.03. The van der Waals surface area contributed by atoms with E-state index in [-0.39, 0.29) is 42.0 Å². The summed E-state index contributed by atoms with van der Waals surface area (Å²) in [5, 5.41) is 8.63. The van der Waals surface area contributed by atoms with Gasteiger partial charge in [0.15, 0.2) is 22.3 Å². The minimum Gasteiger partial charge on any atom is -0.480 e. The molecule has 0 aromatic carbocycles. The third-order valence-corrected chi connectivity index (χ3v) is 4.66. The number of nitrogens with zero attached hydrogens (tertiary/aromatic N) is 6. The Morgan fingerprint density at radius 3 is 1.74 bits per heavy atom. The first kappa shape index (κ1) is 23.9. The van der Waals surface area contributed by atoms with Gasteiger partial charge in [0.2, 0.25) is 0 Å². The minimum atomic E-state index is -1.09. The number of imidazole rings is 2. The highest BCUT2D eigenvalue weighted by Crippen LogP contribution is 2.05. The molecule has 180 valence electrons. The quantitative estimate of drug-likeness (QED) is 0.258. The van der Waals surface area contributed by atoms with E-state index in [1.165, 1.54) is 40.5 Å². The first-order valence-electron chi connectivity index (χ1n) is 9.70. The van der Waals surface area contributed by atoms with E-state index in [0.717, 1.165) is 4.57 Å². The van der Waals surface area contributed by atoms with Crippen LogP contribution >= 0.6 is 0 Å². The molecule has 4 heterocycles. The molecule has 34 heavy (non-hydrogen) atoms. The summed E-state index contributed by atoms with van der Waals surface area (Å²) in [6.07, 6.45) is 2.55. The molecule has 3 N–H and O–H groups in total. The summed E-state index contributed by atoms with van der Waals surface area (Å²) in [4.78, 5) is 79.7. The molecule has 0 fully saturated rings. The molecule has 0 radical (unpaired) electrons. The Hall–Kier alpha value is -4.76. The van der Waals surface area contributed by atoms with Crippen molar-refractivity contribution in [3.63, 3.8) is 0 Å². The third kappa shape index (κ3) is 4.54. The topological polar surface area (TPSA) is 209 Å². The van der Waals surface area contributed by atoms with Crippen LogP contribution < -0.4 is 22.5 Å². The van der Waals surface area contributed by atoms with Gasteiger partial charge in [0.05, 0.1) is 19.3 Å². The van der Waals surface area contributed by atoms with Crippen LogP contribution in [-0.2, 0) is 41.5 Å². The number of rotatable bonds is 5. The van der Waals surface area contributed by atoms with Crippen molar-refractivity contribution in [1.82, 2.24) is 38.2 Å². The summed E-state index contributed by atoms with van der Waals surface area (Å²) in [5.74, 6) is -1.56. The SMILES string of the molecule is CCOC(=O)Cn1cnc2c1c(=O)[nH]c(=O)n2C.Cn1c(=O)[nH]c(=O)c2c1ncn2CC(=O)O. The summed E-state index contributed by atoms with van der Waals surface area (Å²) >= 11 is 0. The molecule has 0 unspecified atom stereocenters. The number of aliphatic carboxylic acids is 1. The fraction of sp³-hybridized carbons (Fsp3) is 0.333. The monoisotopic (exact) mass is 476 g/mol. The van der Waals surface area contributed by atoms with Crippen molar-refractivity contribution in [3.8, 4) is 0 Å². The van der Waals surface area contributed by atoms with Gasteiger partial charge < -0.3 is 19.0 Å². The van der Waals surface area contributed by atoms with E-state index in [9.17, 15) is 28.8 Å². The van der Waals surface area contributed by atoms with E-state index in [1.807, 2.05) is 0 Å². The van der Waals surface area contributed by atoms with Gasteiger partial charge in [0, 0.05) is 14.1 Å². The molecule has 0 bridgehead atoms. The Kier molecular flexibility index (Phi) is 6.60. The van der Waals surface area contributed by atoms with Gasteiger partial charge in [-0.1, -0.05) is 0 Å². The highest BCUT2D eigenvalue weighted by atomic mass is 16.5. The van der Waals surface area contributed by atoms with Crippen molar-refractivity contribution in [2.75, 3.05) is 6.61 Å². The van der Waals surface area contributed by atoms with Gasteiger partial charge >= 0.3 is 23.3 Å². The molecule has 16 nitrogen and oxygen atoms in total. The van der Waals surface area contributed by atoms with Crippen molar-refractivity contribution >= 4 is 34.3 Å². The molecule has 0 aliphatic heterocycles. The number of aryl methyl sites for hydroxylation is 2. The Balaban J connectivity index is 0.000000192. The van der Waals surface area contributed by atoms with Crippen LogP contribution in [0.4, 0.5) is 0 Å². The zero-order valence-electron chi connectivity index (χ0n) is 18.3. The predicted octanol–water partition coefficient (Wildman–Crippen LogP) is -2.51. The van der Waals surface area contributed by atoms with Crippen molar-refractivity contribution in [3.05, 3.63) is 54.3 Å². The number of aromatic amines is 2. The van der Waals surface area contributed by atoms with E-state index >= 15 is 0 Å². The Morgan fingerprint density at radius 2 is 1.32 bits per heavy atom. The number of carbonyl (C=O) groups is 2. The number of hydrogen-bond acceptors (Lipinski definition) is 9. The maximum absolute atomic E-state index is 11.7. The van der Waals surface area contributed by atoms with Crippen LogP contribution in [-0.4, -0.2) is 61.9 Å². The van der Waals surface area contributed by atoms with E-state index in [1.54, 1.807) is 6.92 Å². The van der Waals surface area contributed by atoms with Gasteiger partial charge in [0.1, 0.15) is 13.1 Å². The molecule has 0 saturated carbocycles. The number of nitrogens with one attached hydrogen (secondary N) is 2. The fourth-order valence-electron chi connectivity index (χ4n) is 3.10. The molecular weight excluding hydrogens is 456 g/mol. The first-order chi connectivity index (χ1) is 16.0. The van der Waals surface area contributed by atoms with Crippen LogP contribution in [0.25, 0.3) is 22.3 Å². The second-order valence-electron chi connectivity index (χ2n) is 6.92. The number of H-pyrrole nitrogens is 2. The molecule has 4 aromatic heterocycles. The van der Waals surface area contributed by atoms with Crippen LogP contribution in [0.2, 0.25) is 0 Å². The highest BCUT2D eigenvalue weighted by Gasteiger charge is 2.14. The fourth-order valence-corrected chi connectivity index (χ4v) is 3.10. The molecule has 0 amide bonds. The van der Waals surface area contributed by atoms with E-state index in [2.05, 4.69) is 19.9 Å². The van der Waals surface area contributed by atoms with Gasteiger partial charge in [-0.25, -0.2) is 19.6 Å². The number of esters is 1. The second-order valence-corrected chi connectivity index (χ2v) is 6.92. The maximum atomic E-state index is 11.7. The number of fused-ring (bicyclic) bond motifs is 2. The van der Waals surface area contributed by atoms with Crippen molar-refractivity contribution in [1.29, 1.82) is 0 Å². The summed E-state index contributed by atoms with van der Waals surface area (Å²) in [6.45, 7) is 1.46. The second kappa shape index (κ2) is 9.39. The number of carboxylic acids is 1. The Morgan fingerprint density at radius 1 is 0.882 bits per heavy atom. The molecule has 0 aliphatic rings. The number of hydrogen-bond donors (Lipinski definition) is 3. The molecule has 0 spiro atoms. The van der Waals surface area contributed by atoms with Gasteiger partial charge in [-0.05, 0) is 6.92 Å². The van der Waals surface area contributed by atoms with Crippen LogP contribution in [0, 0.1) is 0 Å². The highest BCUT2D eigenvalue weighted by molar-refractivity contribution is 5.75. The summed E-state index contributed by atoms with van der Waals surface area (Å²) in [7, 11) is 2.93. The van der Waals surface area contributed by atoms with Gasteiger partial charge in [-0.3, -0.25) is 38.3 Å². The number of carboxylic acid groups (broad SMARTS) is 1. The van der Waals surface area contributed by atoms with Crippen LogP contribution in [0.3, 0.4) is 0 Å². The zero-order valence-corrected chi connectivity index (χ0v) is 18.3. The molecule has 0 saturated heterocycles. The van der Waals surface area contributed by atoms with E-state index < -0.39 is 34.4 Å².